The Hall–Kier alpha value is -3.60. The lowest BCUT2D eigenvalue weighted by Crippen LogP contribution is -2.49. The fourth-order valence-corrected chi connectivity index (χ4v) is 5.59. The zero-order valence-electron chi connectivity index (χ0n) is 23.6. The summed E-state index contributed by atoms with van der Waals surface area (Å²) in [5, 5.41) is 14.6. The minimum absolute atomic E-state index is 0.0805. The predicted molar refractivity (Wildman–Crippen MR) is 157 cm³/mol. The Bertz CT molecular complexity index is 1410. The SMILES string of the molecule is C[C@H](CC(=O)N1CCC(O)(Cn2cnc3cc(NC(=O)CCN4CCOCC4)ccc3c2=O)CC1)c1ccccc1. The molecule has 218 valence electrons. The van der Waals surface area contributed by atoms with Gasteiger partial charge < -0.3 is 20.1 Å². The number of benzene rings is 2. The molecule has 2 fully saturated rings. The van der Waals surface area contributed by atoms with E-state index in [4.69, 9.17) is 4.74 Å². The molecule has 10 heteroatoms. The summed E-state index contributed by atoms with van der Waals surface area (Å²) >= 11 is 0. The molecule has 2 saturated heterocycles. The highest BCUT2D eigenvalue weighted by Crippen LogP contribution is 2.26. The Balaban J connectivity index is 1.15. The number of aromatic nitrogens is 2. The molecule has 0 bridgehead atoms. The van der Waals surface area contributed by atoms with Crippen molar-refractivity contribution >= 4 is 28.4 Å². The molecule has 0 spiro atoms. The maximum atomic E-state index is 13.2. The summed E-state index contributed by atoms with van der Waals surface area (Å²) in [7, 11) is 0. The van der Waals surface area contributed by atoms with Crippen molar-refractivity contribution in [1.29, 1.82) is 0 Å². The molecule has 2 amide bonds. The van der Waals surface area contributed by atoms with Crippen molar-refractivity contribution in [2.45, 2.75) is 50.7 Å². The standard InChI is InChI=1S/C31H39N5O5/c1-23(24-5-3-2-4-6-24)19-29(38)35-13-10-31(40,11-14-35)21-36-22-32-27-20-25(7-8-26(27)30(36)39)33-28(37)9-12-34-15-17-41-18-16-34/h2-8,20,22-23,40H,9-19,21H2,1H3,(H,33,37)/t23-/m1/s1. The van der Waals surface area contributed by atoms with E-state index in [2.05, 4.69) is 22.1 Å². The van der Waals surface area contributed by atoms with Crippen LogP contribution in [0.5, 0.6) is 0 Å². The molecule has 41 heavy (non-hydrogen) atoms. The number of hydrogen-bond acceptors (Lipinski definition) is 7. The topological polar surface area (TPSA) is 117 Å². The quantitative estimate of drug-likeness (QED) is 0.413. The summed E-state index contributed by atoms with van der Waals surface area (Å²) in [5.74, 6) is 0.110. The maximum absolute atomic E-state index is 13.2. The van der Waals surface area contributed by atoms with Gasteiger partial charge in [0.15, 0.2) is 0 Å². The number of nitrogens with one attached hydrogen (secondary N) is 1. The number of ether oxygens (including phenoxy) is 1. The van der Waals surface area contributed by atoms with Crippen molar-refractivity contribution in [2.24, 2.45) is 0 Å². The average molecular weight is 562 g/mol. The van der Waals surface area contributed by atoms with Gasteiger partial charge in [-0.3, -0.25) is 23.9 Å². The minimum atomic E-state index is -1.10. The molecular formula is C31H39N5O5. The normalized spacial score (nSPS) is 18.2. The fourth-order valence-electron chi connectivity index (χ4n) is 5.59. The van der Waals surface area contributed by atoms with Crippen molar-refractivity contribution < 1.29 is 19.4 Å². The van der Waals surface area contributed by atoms with Crippen LogP contribution in [0.25, 0.3) is 10.9 Å². The number of likely N-dealkylation sites (tertiary alicyclic amines) is 1. The van der Waals surface area contributed by atoms with Crippen LogP contribution in [0.1, 0.15) is 44.1 Å². The van der Waals surface area contributed by atoms with E-state index >= 15 is 0 Å². The van der Waals surface area contributed by atoms with Gasteiger partial charge in [0.25, 0.3) is 5.56 Å². The van der Waals surface area contributed by atoms with E-state index in [0.29, 0.717) is 75.1 Å². The molecule has 3 heterocycles. The molecule has 2 aliphatic rings. The second-order valence-electron chi connectivity index (χ2n) is 11.3. The van der Waals surface area contributed by atoms with Gasteiger partial charge in [0.2, 0.25) is 11.8 Å². The fraction of sp³-hybridized carbons (Fsp3) is 0.484. The first kappa shape index (κ1) is 28.9. The summed E-state index contributed by atoms with van der Waals surface area (Å²) in [4.78, 5) is 47.0. The summed E-state index contributed by atoms with van der Waals surface area (Å²) < 4.78 is 6.78. The third kappa shape index (κ3) is 7.38. The van der Waals surface area contributed by atoms with Crippen LogP contribution in [0, 0.1) is 0 Å². The second kappa shape index (κ2) is 12.9. The van der Waals surface area contributed by atoms with Crippen LogP contribution < -0.4 is 10.9 Å². The first-order valence-corrected chi connectivity index (χ1v) is 14.4. The first-order valence-electron chi connectivity index (χ1n) is 14.4. The van der Waals surface area contributed by atoms with Gasteiger partial charge in [-0.25, -0.2) is 4.98 Å². The van der Waals surface area contributed by atoms with Crippen LogP contribution in [-0.4, -0.2) is 87.8 Å². The number of amides is 2. The highest BCUT2D eigenvalue weighted by molar-refractivity contribution is 5.93. The van der Waals surface area contributed by atoms with E-state index in [9.17, 15) is 19.5 Å². The molecule has 2 N–H and O–H groups in total. The number of piperidine rings is 1. The monoisotopic (exact) mass is 561 g/mol. The van der Waals surface area contributed by atoms with Gasteiger partial charge in [-0.2, -0.15) is 0 Å². The van der Waals surface area contributed by atoms with Gasteiger partial charge in [-0.05, 0) is 42.5 Å². The second-order valence-corrected chi connectivity index (χ2v) is 11.3. The van der Waals surface area contributed by atoms with E-state index in [1.165, 1.54) is 10.9 Å². The lowest BCUT2D eigenvalue weighted by molar-refractivity contribution is -0.136. The largest absolute Gasteiger partial charge is 0.388 e. The molecule has 3 aromatic rings. The zero-order chi connectivity index (χ0) is 28.8. The summed E-state index contributed by atoms with van der Waals surface area (Å²) in [6.07, 6.45) is 3.02. The van der Waals surface area contributed by atoms with E-state index in [0.717, 1.165) is 18.7 Å². The van der Waals surface area contributed by atoms with Crippen LogP contribution in [0.3, 0.4) is 0 Å². The number of rotatable bonds is 9. The third-order valence-electron chi connectivity index (χ3n) is 8.23. The molecule has 2 aliphatic heterocycles. The van der Waals surface area contributed by atoms with Gasteiger partial charge >= 0.3 is 0 Å². The summed E-state index contributed by atoms with van der Waals surface area (Å²) in [5.41, 5.74) is 0.859. The van der Waals surface area contributed by atoms with E-state index in [1.807, 2.05) is 35.2 Å². The van der Waals surface area contributed by atoms with Crippen molar-refractivity contribution in [3.05, 3.63) is 70.8 Å². The number of carbonyl (C=O) groups excluding carboxylic acids is 2. The van der Waals surface area contributed by atoms with E-state index < -0.39 is 5.60 Å². The van der Waals surface area contributed by atoms with Gasteiger partial charge in [0.1, 0.15) is 0 Å². The predicted octanol–water partition coefficient (Wildman–Crippen LogP) is 2.60. The number of morpholine rings is 1. The Kier molecular flexibility index (Phi) is 9.12. The van der Waals surface area contributed by atoms with Crippen LogP contribution in [-0.2, 0) is 20.9 Å². The zero-order valence-corrected chi connectivity index (χ0v) is 23.6. The van der Waals surface area contributed by atoms with E-state index in [1.54, 1.807) is 18.2 Å². The average Bonchev–Trinajstić information content (AvgIpc) is 2.99. The lowest BCUT2D eigenvalue weighted by atomic mass is 9.90. The summed E-state index contributed by atoms with van der Waals surface area (Å²) in [6, 6.07) is 15.1. The molecule has 10 nitrogen and oxygen atoms in total. The minimum Gasteiger partial charge on any atom is -0.388 e. The Labute approximate surface area is 239 Å². The van der Waals surface area contributed by atoms with Gasteiger partial charge in [-0.1, -0.05) is 37.3 Å². The molecule has 5 rings (SSSR count). The number of aliphatic hydroxyl groups is 1. The highest BCUT2D eigenvalue weighted by Gasteiger charge is 2.35. The Morgan fingerprint density at radius 3 is 2.54 bits per heavy atom. The molecule has 1 aromatic heterocycles. The number of anilines is 1. The molecule has 2 aromatic carbocycles. The molecular weight excluding hydrogens is 522 g/mol. The lowest BCUT2D eigenvalue weighted by Gasteiger charge is -2.38. The van der Waals surface area contributed by atoms with Gasteiger partial charge in [0.05, 0.1) is 42.6 Å². The summed E-state index contributed by atoms with van der Waals surface area (Å²) in [6.45, 7) is 6.78. The first-order chi connectivity index (χ1) is 19.8. The molecule has 0 aliphatic carbocycles. The maximum Gasteiger partial charge on any atom is 0.261 e. The molecule has 1 atom stereocenters. The van der Waals surface area contributed by atoms with Crippen molar-refractivity contribution in [1.82, 2.24) is 19.4 Å². The van der Waals surface area contributed by atoms with Crippen molar-refractivity contribution in [3.63, 3.8) is 0 Å². The number of nitrogens with zero attached hydrogens (tertiary/aromatic N) is 4. The van der Waals surface area contributed by atoms with Crippen LogP contribution in [0.2, 0.25) is 0 Å². The van der Waals surface area contributed by atoms with Crippen molar-refractivity contribution in [3.8, 4) is 0 Å². The molecule has 0 radical (unpaired) electrons. The number of carbonyl (C=O) groups is 2. The third-order valence-corrected chi connectivity index (χ3v) is 8.23. The molecule has 0 saturated carbocycles. The number of hydrogen-bond donors (Lipinski definition) is 2. The highest BCUT2D eigenvalue weighted by atomic mass is 16.5. The van der Waals surface area contributed by atoms with Crippen LogP contribution in [0.4, 0.5) is 5.69 Å². The van der Waals surface area contributed by atoms with Crippen LogP contribution >= 0.6 is 0 Å². The van der Waals surface area contributed by atoms with E-state index in [-0.39, 0.29) is 29.8 Å². The Morgan fingerprint density at radius 2 is 1.80 bits per heavy atom. The van der Waals surface area contributed by atoms with Gasteiger partial charge in [-0.15, -0.1) is 0 Å². The molecule has 0 unspecified atom stereocenters. The van der Waals surface area contributed by atoms with Gasteiger partial charge in [0, 0.05) is 51.3 Å². The smallest absolute Gasteiger partial charge is 0.261 e. The van der Waals surface area contributed by atoms with Crippen LogP contribution in [0.15, 0.2) is 59.7 Å². The number of fused-ring (bicyclic) bond motifs is 1. The Morgan fingerprint density at radius 1 is 1.07 bits per heavy atom. The van der Waals surface area contributed by atoms with Crippen molar-refractivity contribution in [2.75, 3.05) is 51.3 Å².